The van der Waals surface area contributed by atoms with Gasteiger partial charge in [0.15, 0.2) is 0 Å². The molecule has 7 heteroatoms. The fourth-order valence-electron chi connectivity index (χ4n) is 3.03. The number of sulfonamides is 1. The molecule has 0 saturated carbocycles. The van der Waals surface area contributed by atoms with Gasteiger partial charge in [-0.3, -0.25) is 4.72 Å². The number of ether oxygens (including phenoxy) is 1. The van der Waals surface area contributed by atoms with Gasteiger partial charge in [0.2, 0.25) is 10.0 Å². The largest absolute Gasteiger partial charge is 0.497 e. The quantitative estimate of drug-likeness (QED) is 0.689. The second-order valence-electron chi connectivity index (χ2n) is 6.17. The maximum absolute atomic E-state index is 11.4. The van der Waals surface area contributed by atoms with E-state index in [0.29, 0.717) is 34.8 Å². The third-order valence-corrected chi connectivity index (χ3v) is 4.80. The van der Waals surface area contributed by atoms with Crippen LogP contribution in [0, 0.1) is 23.2 Å². The van der Waals surface area contributed by atoms with Crippen LogP contribution in [0.4, 0.5) is 5.69 Å². The average Bonchev–Trinajstić information content (AvgIpc) is 2.96. The zero-order chi connectivity index (χ0) is 20.3. The normalized spacial score (nSPS) is 10.8. The van der Waals surface area contributed by atoms with Crippen LogP contribution in [0.3, 0.4) is 0 Å². The second kappa shape index (κ2) is 7.67. The Labute approximate surface area is 164 Å². The summed E-state index contributed by atoms with van der Waals surface area (Å²) in [6.45, 7) is 2.63. The monoisotopic (exact) mass is 393 g/mol. The highest BCUT2D eigenvalue weighted by Gasteiger charge is 2.15. The summed E-state index contributed by atoms with van der Waals surface area (Å²) in [5.74, 6) is 6.84. The lowest BCUT2D eigenvalue weighted by atomic mass is 10.1. The van der Waals surface area contributed by atoms with Crippen LogP contribution in [0.25, 0.3) is 10.9 Å². The van der Waals surface area contributed by atoms with E-state index in [1.807, 2.05) is 29.7 Å². The Bertz CT molecular complexity index is 1260. The van der Waals surface area contributed by atoms with Gasteiger partial charge in [-0.05, 0) is 43.2 Å². The summed E-state index contributed by atoms with van der Waals surface area (Å²) >= 11 is 0. The first-order valence-electron chi connectivity index (χ1n) is 8.56. The summed E-state index contributed by atoms with van der Waals surface area (Å²) in [6.07, 6.45) is 1.10. The topological polar surface area (TPSA) is 84.1 Å². The fourth-order valence-corrected chi connectivity index (χ4v) is 3.59. The molecule has 1 N–H and O–H groups in total. The zero-order valence-electron chi connectivity index (χ0n) is 15.8. The van der Waals surface area contributed by atoms with Crippen molar-refractivity contribution < 1.29 is 13.2 Å². The van der Waals surface area contributed by atoms with Crippen LogP contribution in [-0.2, 0) is 16.6 Å². The van der Waals surface area contributed by atoms with Crippen LogP contribution in [0.15, 0.2) is 42.5 Å². The third-order valence-electron chi connectivity index (χ3n) is 4.19. The number of methoxy groups -OCH3 is 1. The molecular formula is C21H19N3O3S. The summed E-state index contributed by atoms with van der Waals surface area (Å²) < 4.78 is 32.5. The van der Waals surface area contributed by atoms with Gasteiger partial charge in [0.05, 0.1) is 24.4 Å². The standard InChI is InChI=1S/C21H19N3O3S/c1-4-24-20(19(14-22)18-10-9-17(27-2)13-21(18)24)11-8-15-6-5-7-16(12-15)23-28(3,25)26/h5-7,9-10,12-13,23H,4H2,1-3H3. The second-order valence-corrected chi connectivity index (χ2v) is 7.92. The SMILES string of the molecule is CCn1c(C#Cc2cccc(NS(C)(=O)=O)c2)c(C#N)c2ccc(OC)cc21. The number of nitriles is 1. The van der Waals surface area contributed by atoms with E-state index in [2.05, 4.69) is 22.6 Å². The molecule has 0 saturated heterocycles. The molecule has 0 radical (unpaired) electrons. The van der Waals surface area contributed by atoms with Crippen LogP contribution in [-0.4, -0.2) is 26.4 Å². The van der Waals surface area contributed by atoms with Gasteiger partial charge in [-0.25, -0.2) is 8.42 Å². The Morgan fingerprint density at radius 2 is 1.96 bits per heavy atom. The van der Waals surface area contributed by atoms with E-state index in [-0.39, 0.29) is 0 Å². The van der Waals surface area contributed by atoms with Gasteiger partial charge in [-0.2, -0.15) is 5.26 Å². The molecule has 28 heavy (non-hydrogen) atoms. The first kappa shape index (κ1) is 19.3. The highest BCUT2D eigenvalue weighted by Crippen LogP contribution is 2.29. The van der Waals surface area contributed by atoms with E-state index in [1.54, 1.807) is 31.4 Å². The molecule has 0 amide bonds. The summed E-state index contributed by atoms with van der Waals surface area (Å²) in [5, 5.41) is 10.5. The van der Waals surface area contributed by atoms with Crippen molar-refractivity contribution in [3.8, 4) is 23.7 Å². The first-order chi connectivity index (χ1) is 13.4. The van der Waals surface area contributed by atoms with Gasteiger partial charge < -0.3 is 9.30 Å². The van der Waals surface area contributed by atoms with E-state index < -0.39 is 10.0 Å². The molecule has 142 valence electrons. The molecule has 0 aliphatic heterocycles. The predicted octanol–water partition coefficient (Wildman–Crippen LogP) is 3.31. The Morgan fingerprint density at radius 3 is 2.61 bits per heavy atom. The van der Waals surface area contributed by atoms with Crippen LogP contribution in [0.2, 0.25) is 0 Å². The molecule has 0 atom stereocenters. The maximum Gasteiger partial charge on any atom is 0.229 e. The fraction of sp³-hybridized carbons (Fsp3) is 0.190. The molecule has 2 aromatic carbocycles. The van der Waals surface area contributed by atoms with Crippen LogP contribution in [0.1, 0.15) is 23.7 Å². The molecule has 0 aliphatic rings. The lowest BCUT2D eigenvalue weighted by Gasteiger charge is -2.05. The average molecular weight is 393 g/mol. The highest BCUT2D eigenvalue weighted by atomic mass is 32.2. The summed E-state index contributed by atoms with van der Waals surface area (Å²) in [5.41, 5.74) is 3.10. The van der Waals surface area contributed by atoms with Crippen LogP contribution in [0.5, 0.6) is 5.75 Å². The smallest absolute Gasteiger partial charge is 0.229 e. The summed E-state index contributed by atoms with van der Waals surface area (Å²) in [6, 6.07) is 14.6. The van der Waals surface area contributed by atoms with Gasteiger partial charge in [0.1, 0.15) is 17.5 Å². The number of hydrogen-bond acceptors (Lipinski definition) is 4. The molecule has 3 rings (SSSR count). The predicted molar refractivity (Wildman–Crippen MR) is 110 cm³/mol. The molecule has 6 nitrogen and oxygen atoms in total. The minimum Gasteiger partial charge on any atom is -0.497 e. The van der Waals surface area contributed by atoms with Gasteiger partial charge in [-0.15, -0.1) is 0 Å². The van der Waals surface area contributed by atoms with Crippen molar-refractivity contribution in [1.82, 2.24) is 4.57 Å². The lowest BCUT2D eigenvalue weighted by Crippen LogP contribution is -2.09. The molecule has 0 spiro atoms. The van der Waals surface area contributed by atoms with E-state index in [0.717, 1.165) is 17.2 Å². The molecular weight excluding hydrogens is 374 g/mol. The minimum atomic E-state index is -3.36. The van der Waals surface area contributed by atoms with E-state index >= 15 is 0 Å². The molecule has 0 unspecified atom stereocenters. The molecule has 1 heterocycles. The molecule has 1 aromatic heterocycles. The zero-order valence-corrected chi connectivity index (χ0v) is 16.6. The third kappa shape index (κ3) is 3.95. The van der Waals surface area contributed by atoms with E-state index in [1.165, 1.54) is 0 Å². The van der Waals surface area contributed by atoms with Crippen molar-refractivity contribution >= 4 is 26.6 Å². The van der Waals surface area contributed by atoms with Gasteiger partial charge in [0.25, 0.3) is 0 Å². The van der Waals surface area contributed by atoms with Crippen molar-refractivity contribution in [2.24, 2.45) is 0 Å². The number of hydrogen-bond donors (Lipinski definition) is 1. The summed E-state index contributed by atoms with van der Waals surface area (Å²) in [7, 11) is -1.76. The molecule has 0 aliphatic carbocycles. The van der Waals surface area contributed by atoms with Gasteiger partial charge in [-0.1, -0.05) is 12.0 Å². The highest BCUT2D eigenvalue weighted by molar-refractivity contribution is 7.92. The summed E-state index contributed by atoms with van der Waals surface area (Å²) in [4.78, 5) is 0. The number of benzene rings is 2. The number of nitrogens with zero attached hydrogens (tertiary/aromatic N) is 2. The van der Waals surface area contributed by atoms with Crippen molar-refractivity contribution in [3.05, 3.63) is 59.3 Å². The molecule has 0 fully saturated rings. The van der Waals surface area contributed by atoms with Gasteiger partial charge in [0, 0.05) is 29.2 Å². The van der Waals surface area contributed by atoms with Crippen molar-refractivity contribution in [2.45, 2.75) is 13.5 Å². The van der Waals surface area contributed by atoms with Crippen molar-refractivity contribution in [3.63, 3.8) is 0 Å². The molecule has 3 aromatic rings. The number of aromatic nitrogens is 1. The number of fused-ring (bicyclic) bond motifs is 1. The number of nitrogens with one attached hydrogen (secondary N) is 1. The van der Waals surface area contributed by atoms with Crippen molar-refractivity contribution in [2.75, 3.05) is 18.1 Å². The van der Waals surface area contributed by atoms with E-state index in [9.17, 15) is 13.7 Å². The van der Waals surface area contributed by atoms with Crippen LogP contribution >= 0.6 is 0 Å². The lowest BCUT2D eigenvalue weighted by molar-refractivity contribution is 0.415. The van der Waals surface area contributed by atoms with Crippen molar-refractivity contribution in [1.29, 1.82) is 5.26 Å². The number of rotatable bonds is 4. The first-order valence-corrected chi connectivity index (χ1v) is 10.5. The number of aryl methyl sites for hydroxylation is 1. The Morgan fingerprint density at radius 1 is 1.18 bits per heavy atom. The Kier molecular flexibility index (Phi) is 5.30. The Hall–Kier alpha value is -3.42. The maximum atomic E-state index is 11.4. The molecule has 0 bridgehead atoms. The Balaban J connectivity index is 2.11. The van der Waals surface area contributed by atoms with Crippen LogP contribution < -0.4 is 9.46 Å². The van der Waals surface area contributed by atoms with Gasteiger partial charge >= 0.3 is 0 Å². The minimum absolute atomic E-state index is 0.440. The number of anilines is 1. The van der Waals surface area contributed by atoms with E-state index in [4.69, 9.17) is 4.74 Å².